The van der Waals surface area contributed by atoms with Gasteiger partial charge in [-0.15, -0.1) is 0 Å². The maximum absolute atomic E-state index is 12.5. The maximum atomic E-state index is 12.5. The van der Waals surface area contributed by atoms with E-state index in [0.29, 0.717) is 25.7 Å². The Balaban J connectivity index is 1.23. The van der Waals surface area contributed by atoms with Crippen molar-refractivity contribution >= 4 is 18.0 Å². The van der Waals surface area contributed by atoms with E-state index in [2.05, 4.69) is 34.9 Å². The van der Waals surface area contributed by atoms with Crippen molar-refractivity contribution in [3.63, 3.8) is 0 Å². The van der Waals surface area contributed by atoms with Crippen LogP contribution in [0.3, 0.4) is 0 Å². The molecule has 4 rings (SSSR count). The summed E-state index contributed by atoms with van der Waals surface area (Å²) in [6.07, 6.45) is 2.85. The maximum Gasteiger partial charge on any atom is 0.407 e. The van der Waals surface area contributed by atoms with Gasteiger partial charge in [0.1, 0.15) is 6.61 Å². The standard InChI is InChI=1S/C27H32N2O5/c1-17(7-6-12-25(30)31)28-26(32)18-13-14-19(15-18)29-27(33)34-16-24-22-10-4-2-8-20(22)21-9-3-5-11-23(21)24/h2-5,8-11,17-19,24H,6-7,12-16H2,1H3,(H,28,32)(H,29,33)(H,30,31). The number of rotatable bonds is 9. The van der Waals surface area contributed by atoms with Crippen LogP contribution in [-0.2, 0) is 14.3 Å². The minimum atomic E-state index is -0.823. The van der Waals surface area contributed by atoms with Crippen molar-refractivity contribution < 1.29 is 24.2 Å². The Morgan fingerprint density at radius 1 is 1.03 bits per heavy atom. The van der Waals surface area contributed by atoms with Gasteiger partial charge in [0.2, 0.25) is 5.91 Å². The molecule has 2 aliphatic rings. The summed E-state index contributed by atoms with van der Waals surface area (Å²) in [5.41, 5.74) is 4.72. The minimum absolute atomic E-state index is 0.0165. The molecule has 3 atom stereocenters. The summed E-state index contributed by atoms with van der Waals surface area (Å²) >= 11 is 0. The first kappa shape index (κ1) is 23.8. The molecule has 0 aliphatic heterocycles. The van der Waals surface area contributed by atoms with Crippen molar-refractivity contribution in [2.75, 3.05) is 6.61 Å². The predicted molar refractivity (Wildman–Crippen MR) is 128 cm³/mol. The van der Waals surface area contributed by atoms with Gasteiger partial charge in [-0.2, -0.15) is 0 Å². The molecule has 2 aromatic rings. The van der Waals surface area contributed by atoms with Crippen LogP contribution in [0.15, 0.2) is 48.5 Å². The second-order valence-corrected chi connectivity index (χ2v) is 9.37. The number of carboxylic acids is 1. The second-order valence-electron chi connectivity index (χ2n) is 9.37. The number of ether oxygens (including phenoxy) is 1. The van der Waals surface area contributed by atoms with Crippen LogP contribution in [0.5, 0.6) is 0 Å². The molecule has 0 radical (unpaired) electrons. The van der Waals surface area contributed by atoms with Gasteiger partial charge in [-0.05, 0) is 61.3 Å². The highest BCUT2D eigenvalue weighted by molar-refractivity contribution is 5.80. The van der Waals surface area contributed by atoms with Crippen LogP contribution in [-0.4, -0.2) is 41.8 Å². The Kier molecular flexibility index (Phi) is 7.50. The average molecular weight is 465 g/mol. The highest BCUT2D eigenvalue weighted by Gasteiger charge is 2.33. The lowest BCUT2D eigenvalue weighted by atomic mass is 9.98. The lowest BCUT2D eigenvalue weighted by molar-refractivity contribution is -0.137. The van der Waals surface area contributed by atoms with Crippen molar-refractivity contribution in [2.24, 2.45) is 5.92 Å². The van der Waals surface area contributed by atoms with Gasteiger partial charge < -0.3 is 20.5 Å². The number of hydrogen-bond acceptors (Lipinski definition) is 4. The normalized spacial score (nSPS) is 19.7. The van der Waals surface area contributed by atoms with E-state index in [1.54, 1.807) is 0 Å². The molecule has 0 aromatic heterocycles. The zero-order chi connectivity index (χ0) is 24.1. The number of alkyl carbamates (subject to hydrolysis) is 1. The number of carbonyl (C=O) groups is 3. The molecule has 180 valence electrons. The molecule has 7 nitrogen and oxygen atoms in total. The molecule has 1 saturated carbocycles. The fraction of sp³-hybridized carbons (Fsp3) is 0.444. The van der Waals surface area contributed by atoms with Gasteiger partial charge in [0.15, 0.2) is 0 Å². The topological polar surface area (TPSA) is 105 Å². The molecule has 0 spiro atoms. The summed E-state index contributed by atoms with van der Waals surface area (Å²) in [6.45, 7) is 2.16. The molecule has 2 aliphatic carbocycles. The van der Waals surface area contributed by atoms with Gasteiger partial charge in [0.05, 0.1) is 0 Å². The van der Waals surface area contributed by atoms with Gasteiger partial charge in [-0.25, -0.2) is 4.79 Å². The lowest BCUT2D eigenvalue weighted by Gasteiger charge is -2.18. The van der Waals surface area contributed by atoms with E-state index in [1.165, 1.54) is 22.3 Å². The highest BCUT2D eigenvalue weighted by atomic mass is 16.5. The van der Waals surface area contributed by atoms with Crippen LogP contribution in [0.25, 0.3) is 11.1 Å². The van der Waals surface area contributed by atoms with Crippen LogP contribution in [0.1, 0.15) is 62.5 Å². The Bertz CT molecular complexity index is 1010. The Morgan fingerprint density at radius 2 is 1.68 bits per heavy atom. The van der Waals surface area contributed by atoms with Crippen molar-refractivity contribution in [1.82, 2.24) is 10.6 Å². The molecule has 2 aromatic carbocycles. The number of hydrogen-bond donors (Lipinski definition) is 3. The van der Waals surface area contributed by atoms with E-state index in [-0.39, 0.29) is 42.9 Å². The Hall–Kier alpha value is -3.35. The van der Waals surface area contributed by atoms with Gasteiger partial charge in [0.25, 0.3) is 0 Å². The molecular formula is C27H32N2O5. The summed E-state index contributed by atoms with van der Waals surface area (Å²) in [5.74, 6) is -0.986. The van der Waals surface area contributed by atoms with Crippen molar-refractivity contribution in [3.05, 3.63) is 59.7 Å². The Labute approximate surface area is 199 Å². The summed E-state index contributed by atoms with van der Waals surface area (Å²) in [4.78, 5) is 35.7. The highest BCUT2D eigenvalue weighted by Crippen LogP contribution is 2.44. The van der Waals surface area contributed by atoms with Crippen LogP contribution >= 0.6 is 0 Å². The van der Waals surface area contributed by atoms with Crippen molar-refractivity contribution in [2.45, 2.75) is 63.5 Å². The van der Waals surface area contributed by atoms with Gasteiger partial charge in [-0.1, -0.05) is 48.5 Å². The molecular weight excluding hydrogens is 432 g/mol. The predicted octanol–water partition coefficient (Wildman–Crippen LogP) is 4.45. The van der Waals surface area contributed by atoms with Crippen LogP contribution in [0, 0.1) is 5.92 Å². The first-order valence-corrected chi connectivity index (χ1v) is 12.1. The zero-order valence-electron chi connectivity index (χ0n) is 19.5. The SMILES string of the molecule is CC(CCCC(=O)O)NC(=O)C1CCC(NC(=O)OCC2c3ccccc3-c3ccccc32)C1. The summed E-state index contributed by atoms with van der Waals surface area (Å²) in [5, 5.41) is 14.6. The van der Waals surface area contributed by atoms with Gasteiger partial charge in [-0.3, -0.25) is 9.59 Å². The number of carboxylic acid groups (broad SMARTS) is 1. The van der Waals surface area contributed by atoms with Crippen LogP contribution in [0.4, 0.5) is 4.79 Å². The lowest BCUT2D eigenvalue weighted by Crippen LogP contribution is -2.38. The number of amides is 2. The first-order valence-electron chi connectivity index (χ1n) is 12.1. The van der Waals surface area contributed by atoms with E-state index in [9.17, 15) is 14.4 Å². The zero-order valence-corrected chi connectivity index (χ0v) is 19.5. The fourth-order valence-electron chi connectivity index (χ4n) is 5.15. The summed E-state index contributed by atoms with van der Waals surface area (Å²) in [6, 6.07) is 16.3. The first-order chi connectivity index (χ1) is 16.4. The molecule has 0 saturated heterocycles. The number of carbonyl (C=O) groups excluding carboxylic acids is 2. The van der Waals surface area contributed by atoms with E-state index < -0.39 is 12.1 Å². The molecule has 1 fully saturated rings. The molecule has 0 heterocycles. The van der Waals surface area contributed by atoms with E-state index >= 15 is 0 Å². The number of fused-ring (bicyclic) bond motifs is 3. The summed E-state index contributed by atoms with van der Waals surface area (Å²) in [7, 11) is 0. The molecule has 2 amide bonds. The van der Waals surface area contributed by atoms with Crippen LogP contribution < -0.4 is 10.6 Å². The fourth-order valence-corrected chi connectivity index (χ4v) is 5.15. The molecule has 0 bridgehead atoms. The third-order valence-electron chi connectivity index (χ3n) is 6.89. The Morgan fingerprint density at radius 3 is 2.32 bits per heavy atom. The monoisotopic (exact) mass is 464 g/mol. The van der Waals surface area contributed by atoms with Gasteiger partial charge in [0, 0.05) is 30.3 Å². The average Bonchev–Trinajstić information content (AvgIpc) is 3.40. The van der Waals surface area contributed by atoms with E-state index in [0.717, 1.165) is 6.42 Å². The molecule has 34 heavy (non-hydrogen) atoms. The van der Waals surface area contributed by atoms with E-state index in [4.69, 9.17) is 9.84 Å². The largest absolute Gasteiger partial charge is 0.481 e. The number of benzene rings is 2. The van der Waals surface area contributed by atoms with Gasteiger partial charge >= 0.3 is 12.1 Å². The smallest absolute Gasteiger partial charge is 0.407 e. The minimum Gasteiger partial charge on any atom is -0.481 e. The van der Waals surface area contributed by atoms with Crippen molar-refractivity contribution in [3.8, 4) is 11.1 Å². The molecule has 3 N–H and O–H groups in total. The quantitative estimate of drug-likeness (QED) is 0.508. The summed E-state index contributed by atoms with van der Waals surface area (Å²) < 4.78 is 5.63. The third kappa shape index (κ3) is 5.58. The van der Waals surface area contributed by atoms with Crippen LogP contribution in [0.2, 0.25) is 0 Å². The molecule has 7 heteroatoms. The van der Waals surface area contributed by atoms with E-state index in [1.807, 2.05) is 31.2 Å². The number of aliphatic carboxylic acids is 1. The third-order valence-corrected chi connectivity index (χ3v) is 6.89. The van der Waals surface area contributed by atoms with Crippen molar-refractivity contribution in [1.29, 1.82) is 0 Å². The molecule has 3 unspecified atom stereocenters. The number of nitrogens with one attached hydrogen (secondary N) is 2. The second kappa shape index (κ2) is 10.7.